The van der Waals surface area contributed by atoms with Crippen molar-refractivity contribution in [3.63, 3.8) is 0 Å². The molecule has 1 aromatic carbocycles. The second-order valence-corrected chi connectivity index (χ2v) is 7.90. The van der Waals surface area contributed by atoms with E-state index >= 15 is 0 Å². The topological polar surface area (TPSA) is 122 Å². The maximum Gasteiger partial charge on any atom is 0.256 e. The molecule has 1 amide bonds. The first-order chi connectivity index (χ1) is 13.0. The third-order valence-corrected chi connectivity index (χ3v) is 4.77. The van der Waals surface area contributed by atoms with E-state index in [1.807, 2.05) is 0 Å². The van der Waals surface area contributed by atoms with Crippen molar-refractivity contribution < 1.29 is 33.7 Å². The molecule has 0 spiro atoms. The molecule has 0 aliphatic carbocycles. The summed E-state index contributed by atoms with van der Waals surface area (Å²) < 4.78 is 29.5. The monoisotopic (exact) mass is 395 g/mol. The van der Waals surface area contributed by atoms with Gasteiger partial charge >= 0.3 is 0 Å². The van der Waals surface area contributed by atoms with Crippen LogP contribution in [0.3, 0.4) is 0 Å². The van der Waals surface area contributed by atoms with Gasteiger partial charge in [-0.3, -0.25) is 10.0 Å². The highest BCUT2D eigenvalue weighted by molar-refractivity contribution is 5.95. The summed E-state index contributed by atoms with van der Waals surface area (Å²) in [5, 5.41) is 22.2. The number of carbonyl (C=O) groups is 1. The van der Waals surface area contributed by atoms with E-state index < -0.39 is 48.2 Å². The Hall–Kier alpha value is -1.79. The molecule has 3 aliphatic heterocycles. The molecular formula is C18H23N2O8-. The number of nitrogens with one attached hydrogen (secondary N) is 1. The molecule has 3 aliphatic rings. The van der Waals surface area contributed by atoms with Crippen molar-refractivity contribution in [2.75, 3.05) is 10.5 Å². The fourth-order valence-electron chi connectivity index (χ4n) is 3.71. The summed E-state index contributed by atoms with van der Waals surface area (Å²) in [6.45, 7) is 7.06. The summed E-state index contributed by atoms with van der Waals surface area (Å²) in [7, 11) is 0. The number of amides is 1. The van der Waals surface area contributed by atoms with Crippen molar-refractivity contribution >= 4 is 17.3 Å². The number of carbonyl (C=O) groups excluding carboxylic acids is 1. The Bertz CT molecular complexity index is 750. The smallest absolute Gasteiger partial charge is 0.256 e. The molecule has 0 unspecified atom stereocenters. The fourth-order valence-corrected chi connectivity index (χ4v) is 3.71. The van der Waals surface area contributed by atoms with Crippen molar-refractivity contribution in [1.82, 2.24) is 0 Å². The van der Waals surface area contributed by atoms with Gasteiger partial charge in [0.25, 0.3) is 5.91 Å². The highest BCUT2D eigenvalue weighted by Crippen LogP contribution is 2.44. The van der Waals surface area contributed by atoms with Gasteiger partial charge in [-0.25, -0.2) is 0 Å². The van der Waals surface area contributed by atoms with Crippen LogP contribution in [0.15, 0.2) is 24.3 Å². The molecule has 10 nitrogen and oxygen atoms in total. The predicted octanol–water partition coefficient (Wildman–Crippen LogP) is 1.71. The molecule has 1 aromatic rings. The molecular weight excluding hydrogens is 372 g/mol. The van der Waals surface area contributed by atoms with Crippen molar-refractivity contribution in [2.24, 2.45) is 0 Å². The molecule has 5 atom stereocenters. The fraction of sp³-hybridized carbons (Fsp3) is 0.611. The highest BCUT2D eigenvalue weighted by Gasteiger charge is 2.62. The molecule has 3 heterocycles. The number of hydrogen-bond acceptors (Lipinski definition) is 9. The van der Waals surface area contributed by atoms with Gasteiger partial charge in [0.2, 0.25) is 0 Å². The minimum absolute atomic E-state index is 0.0443. The minimum atomic E-state index is -0.987. The van der Waals surface area contributed by atoms with Gasteiger partial charge in [-0.15, -0.1) is 0 Å². The number of rotatable bonds is 3. The normalized spacial score (nSPS) is 35.1. The third-order valence-electron chi connectivity index (χ3n) is 4.77. The number of nitrogens with zero attached hydrogens (tertiary/aromatic N) is 1. The van der Waals surface area contributed by atoms with Crippen LogP contribution in [-0.4, -0.2) is 53.4 Å². The number of benzene rings is 1. The average molecular weight is 395 g/mol. The summed E-state index contributed by atoms with van der Waals surface area (Å²) in [5.41, 5.74) is 0.475. The second-order valence-electron chi connectivity index (χ2n) is 7.90. The SMILES string of the molecule is CC1(C)O[C@@H]2[C@@H](O1)[C@@H](C(=O)Nc1ccc(N([O-])O)cc1)O[C@H]1OC(C)(C)O[C@@H]12. The third kappa shape index (κ3) is 3.60. The molecule has 0 bridgehead atoms. The minimum Gasteiger partial charge on any atom is -0.733 e. The highest BCUT2D eigenvalue weighted by atomic mass is 16.9. The Balaban J connectivity index is 1.53. The zero-order chi connectivity index (χ0) is 20.3. The Morgan fingerprint density at radius 1 is 1.00 bits per heavy atom. The standard InChI is InChI=1S/C18H23N2O8/c1-17(2)25-11-12(26-17)14-16(28-18(3,4)27-14)24-13(11)15(21)19-9-5-7-10(8-6-9)20(22)23/h5-8,11-14,16,22H,1-4H3,(H,19,21)/q-1/t11-,12-,13+,14-,16+/m1/s1. The van der Waals surface area contributed by atoms with Crippen LogP contribution in [0.2, 0.25) is 0 Å². The zero-order valence-corrected chi connectivity index (χ0v) is 15.9. The summed E-state index contributed by atoms with van der Waals surface area (Å²) in [5.74, 6) is -2.22. The Morgan fingerprint density at radius 2 is 1.57 bits per heavy atom. The van der Waals surface area contributed by atoms with Gasteiger partial charge in [0.15, 0.2) is 24.0 Å². The molecule has 2 N–H and O–H groups in total. The Labute approximate surface area is 161 Å². The van der Waals surface area contributed by atoms with Crippen LogP contribution in [0, 0.1) is 5.21 Å². The molecule has 0 radical (unpaired) electrons. The van der Waals surface area contributed by atoms with Gasteiger partial charge in [0.1, 0.15) is 18.3 Å². The van der Waals surface area contributed by atoms with Crippen LogP contribution in [0.4, 0.5) is 11.4 Å². The zero-order valence-electron chi connectivity index (χ0n) is 15.9. The van der Waals surface area contributed by atoms with Crippen LogP contribution < -0.4 is 10.5 Å². The van der Waals surface area contributed by atoms with Crippen LogP contribution in [0.25, 0.3) is 0 Å². The summed E-state index contributed by atoms with van der Waals surface area (Å²) in [6.07, 6.45) is -3.48. The summed E-state index contributed by atoms with van der Waals surface area (Å²) >= 11 is 0. The van der Waals surface area contributed by atoms with Crippen molar-refractivity contribution in [3.8, 4) is 0 Å². The maximum absolute atomic E-state index is 12.9. The van der Waals surface area contributed by atoms with Gasteiger partial charge in [-0.1, -0.05) is 0 Å². The van der Waals surface area contributed by atoms with Crippen LogP contribution in [0.1, 0.15) is 27.7 Å². The Morgan fingerprint density at radius 3 is 2.21 bits per heavy atom. The van der Waals surface area contributed by atoms with Gasteiger partial charge in [-0.2, -0.15) is 0 Å². The summed E-state index contributed by atoms with van der Waals surface area (Å²) in [4.78, 5) is 12.9. The number of anilines is 2. The first kappa shape index (κ1) is 19.5. The average Bonchev–Trinajstić information content (AvgIpc) is 3.08. The molecule has 154 valence electrons. The van der Waals surface area contributed by atoms with E-state index in [4.69, 9.17) is 28.9 Å². The van der Waals surface area contributed by atoms with E-state index in [1.165, 1.54) is 24.3 Å². The van der Waals surface area contributed by atoms with Gasteiger partial charge in [0.05, 0.1) is 5.69 Å². The van der Waals surface area contributed by atoms with Crippen molar-refractivity contribution in [3.05, 3.63) is 29.5 Å². The lowest BCUT2D eigenvalue weighted by Gasteiger charge is -2.36. The lowest BCUT2D eigenvalue weighted by atomic mass is 9.98. The lowest BCUT2D eigenvalue weighted by molar-refractivity contribution is -0.229. The van der Waals surface area contributed by atoms with E-state index in [-0.39, 0.29) is 10.9 Å². The van der Waals surface area contributed by atoms with Gasteiger partial charge in [-0.05, 0) is 52.0 Å². The van der Waals surface area contributed by atoms with Crippen LogP contribution in [0.5, 0.6) is 0 Å². The van der Waals surface area contributed by atoms with Crippen molar-refractivity contribution in [2.45, 2.75) is 70.0 Å². The van der Waals surface area contributed by atoms with Crippen molar-refractivity contribution in [1.29, 1.82) is 0 Å². The molecule has 0 aromatic heterocycles. The Kier molecular flexibility index (Phi) is 4.62. The van der Waals surface area contributed by atoms with Crippen LogP contribution in [-0.2, 0) is 28.5 Å². The molecule has 10 heteroatoms. The van der Waals surface area contributed by atoms with E-state index in [0.717, 1.165) is 0 Å². The van der Waals surface area contributed by atoms with E-state index in [9.17, 15) is 10.0 Å². The van der Waals surface area contributed by atoms with Gasteiger partial charge < -0.3 is 39.4 Å². The number of fused-ring (bicyclic) bond motifs is 3. The molecule has 0 saturated carbocycles. The quantitative estimate of drug-likeness (QED) is 0.737. The first-order valence-electron chi connectivity index (χ1n) is 8.98. The summed E-state index contributed by atoms with van der Waals surface area (Å²) in [6, 6.07) is 5.73. The molecule has 3 saturated heterocycles. The van der Waals surface area contributed by atoms with Crippen LogP contribution >= 0.6 is 0 Å². The number of hydrogen-bond donors (Lipinski definition) is 2. The molecule has 4 rings (SSSR count). The van der Waals surface area contributed by atoms with E-state index in [1.54, 1.807) is 27.7 Å². The van der Waals surface area contributed by atoms with E-state index in [0.29, 0.717) is 5.69 Å². The second kappa shape index (κ2) is 6.63. The predicted molar refractivity (Wildman–Crippen MR) is 95.2 cm³/mol. The number of ether oxygens (including phenoxy) is 5. The first-order valence-corrected chi connectivity index (χ1v) is 8.98. The van der Waals surface area contributed by atoms with Gasteiger partial charge in [0, 0.05) is 5.69 Å². The maximum atomic E-state index is 12.9. The molecule has 3 fully saturated rings. The van der Waals surface area contributed by atoms with E-state index in [2.05, 4.69) is 5.32 Å². The molecule has 28 heavy (non-hydrogen) atoms. The largest absolute Gasteiger partial charge is 0.733 e. The lowest BCUT2D eigenvalue weighted by Crippen LogP contribution is -2.58.